The minimum Gasteiger partial charge on any atom is -0.472 e. The van der Waals surface area contributed by atoms with Crippen LogP contribution < -0.4 is 4.90 Å². The summed E-state index contributed by atoms with van der Waals surface area (Å²) < 4.78 is 18.2. The van der Waals surface area contributed by atoms with Gasteiger partial charge in [-0.25, -0.2) is 4.39 Å². The van der Waals surface area contributed by atoms with E-state index in [1.165, 1.54) is 24.7 Å². The van der Waals surface area contributed by atoms with Gasteiger partial charge in [0.15, 0.2) is 5.69 Å². The third-order valence-corrected chi connectivity index (χ3v) is 5.95. The normalized spacial score (nSPS) is 16.4. The molecule has 9 heteroatoms. The Labute approximate surface area is 178 Å². The second-order valence-corrected chi connectivity index (χ2v) is 7.77. The van der Waals surface area contributed by atoms with Crippen molar-refractivity contribution in [1.82, 2.24) is 20.0 Å². The van der Waals surface area contributed by atoms with E-state index < -0.39 is 0 Å². The summed E-state index contributed by atoms with van der Waals surface area (Å²) in [7, 11) is 0. The molecule has 2 aliphatic rings. The van der Waals surface area contributed by atoms with Crippen LogP contribution in [-0.2, 0) is 13.0 Å². The first-order valence-electron chi connectivity index (χ1n) is 10.3. The molecule has 1 saturated heterocycles. The van der Waals surface area contributed by atoms with Gasteiger partial charge in [0.1, 0.15) is 12.1 Å². The van der Waals surface area contributed by atoms with Crippen molar-refractivity contribution in [2.45, 2.75) is 13.0 Å². The van der Waals surface area contributed by atoms with Gasteiger partial charge in [-0.1, -0.05) is 0 Å². The Bertz CT molecular complexity index is 1090. The van der Waals surface area contributed by atoms with E-state index in [0.29, 0.717) is 56.9 Å². The number of fused-ring (bicyclic) bond motifs is 1. The van der Waals surface area contributed by atoms with E-state index in [0.717, 1.165) is 16.9 Å². The van der Waals surface area contributed by atoms with E-state index in [1.54, 1.807) is 28.0 Å². The summed E-state index contributed by atoms with van der Waals surface area (Å²) in [4.78, 5) is 31.5. The summed E-state index contributed by atoms with van der Waals surface area (Å²) in [6.45, 7) is 3.32. The zero-order chi connectivity index (χ0) is 21.4. The number of aromatic amines is 1. The van der Waals surface area contributed by atoms with Gasteiger partial charge < -0.3 is 19.1 Å². The van der Waals surface area contributed by atoms with Crippen LogP contribution in [0.4, 0.5) is 10.1 Å². The Kier molecular flexibility index (Phi) is 4.93. The topological polar surface area (TPSA) is 85.7 Å². The van der Waals surface area contributed by atoms with Gasteiger partial charge in [0.25, 0.3) is 11.8 Å². The predicted molar refractivity (Wildman–Crippen MR) is 110 cm³/mol. The molecule has 1 aromatic carbocycles. The number of nitrogens with zero attached hydrogens (tertiary/aromatic N) is 4. The Morgan fingerprint density at radius 1 is 0.968 bits per heavy atom. The Morgan fingerprint density at radius 2 is 1.74 bits per heavy atom. The van der Waals surface area contributed by atoms with Gasteiger partial charge in [0.2, 0.25) is 0 Å². The number of hydrogen-bond acceptors (Lipinski definition) is 5. The van der Waals surface area contributed by atoms with E-state index in [4.69, 9.17) is 4.42 Å². The number of hydrogen-bond donors (Lipinski definition) is 1. The first-order chi connectivity index (χ1) is 15.1. The molecule has 5 rings (SSSR count). The molecule has 160 valence electrons. The van der Waals surface area contributed by atoms with Crippen LogP contribution in [0, 0.1) is 5.82 Å². The molecule has 2 aliphatic heterocycles. The predicted octanol–water partition coefficient (Wildman–Crippen LogP) is 2.30. The SMILES string of the molecule is O=C(c1ccoc1)N1CCc2[nH]nc(C(=O)N3CCN(c4ccc(F)cc4)CC3)c2C1. The van der Waals surface area contributed by atoms with Crippen LogP contribution in [0.2, 0.25) is 0 Å². The maximum absolute atomic E-state index is 13.2. The molecule has 2 aromatic heterocycles. The van der Waals surface area contributed by atoms with Crippen molar-refractivity contribution < 1.29 is 18.4 Å². The van der Waals surface area contributed by atoms with Crippen molar-refractivity contribution in [3.8, 4) is 0 Å². The highest BCUT2D eigenvalue weighted by atomic mass is 19.1. The molecular weight excluding hydrogens is 401 g/mol. The molecule has 1 fully saturated rings. The maximum Gasteiger partial charge on any atom is 0.274 e. The summed E-state index contributed by atoms with van der Waals surface area (Å²) in [6, 6.07) is 8.03. The first kappa shape index (κ1) is 19.3. The largest absolute Gasteiger partial charge is 0.472 e. The zero-order valence-electron chi connectivity index (χ0n) is 16.9. The number of amides is 2. The fourth-order valence-electron chi connectivity index (χ4n) is 4.18. The molecule has 0 bridgehead atoms. The molecule has 8 nitrogen and oxygen atoms in total. The van der Waals surface area contributed by atoms with Gasteiger partial charge >= 0.3 is 0 Å². The Balaban J connectivity index is 1.27. The molecule has 31 heavy (non-hydrogen) atoms. The molecule has 0 radical (unpaired) electrons. The zero-order valence-corrected chi connectivity index (χ0v) is 16.9. The Hall–Kier alpha value is -3.62. The fourth-order valence-corrected chi connectivity index (χ4v) is 4.18. The van der Waals surface area contributed by atoms with Gasteiger partial charge in [-0.05, 0) is 30.3 Å². The first-order valence-corrected chi connectivity index (χ1v) is 10.3. The smallest absolute Gasteiger partial charge is 0.274 e. The average molecular weight is 423 g/mol. The van der Waals surface area contributed by atoms with E-state index in [-0.39, 0.29) is 17.6 Å². The second kappa shape index (κ2) is 7.90. The van der Waals surface area contributed by atoms with Crippen LogP contribution in [0.5, 0.6) is 0 Å². The van der Waals surface area contributed by atoms with Crippen molar-refractivity contribution in [3.63, 3.8) is 0 Å². The average Bonchev–Trinajstić information content (AvgIpc) is 3.49. The maximum atomic E-state index is 13.2. The van der Waals surface area contributed by atoms with Gasteiger partial charge in [-0.15, -0.1) is 0 Å². The second-order valence-electron chi connectivity index (χ2n) is 7.77. The number of piperazine rings is 1. The highest BCUT2D eigenvalue weighted by Crippen LogP contribution is 2.24. The Morgan fingerprint density at radius 3 is 2.45 bits per heavy atom. The van der Waals surface area contributed by atoms with E-state index >= 15 is 0 Å². The number of carbonyl (C=O) groups excluding carboxylic acids is 2. The van der Waals surface area contributed by atoms with E-state index in [1.807, 2.05) is 0 Å². The lowest BCUT2D eigenvalue weighted by atomic mass is 10.0. The minimum absolute atomic E-state index is 0.119. The molecule has 2 amide bonds. The summed E-state index contributed by atoms with van der Waals surface area (Å²) in [5.74, 6) is -0.512. The third kappa shape index (κ3) is 3.67. The van der Waals surface area contributed by atoms with E-state index in [2.05, 4.69) is 15.1 Å². The van der Waals surface area contributed by atoms with Crippen LogP contribution in [-0.4, -0.2) is 64.5 Å². The molecule has 0 unspecified atom stereocenters. The number of furan rings is 1. The van der Waals surface area contributed by atoms with Crippen molar-refractivity contribution in [2.75, 3.05) is 37.6 Å². The lowest BCUT2D eigenvalue weighted by Crippen LogP contribution is -2.49. The molecule has 0 saturated carbocycles. The number of carbonyl (C=O) groups is 2. The summed E-state index contributed by atoms with van der Waals surface area (Å²) in [5.41, 5.74) is 3.52. The van der Waals surface area contributed by atoms with Gasteiger partial charge in [0.05, 0.1) is 18.4 Å². The third-order valence-electron chi connectivity index (χ3n) is 5.95. The molecule has 0 atom stereocenters. The van der Waals surface area contributed by atoms with Crippen molar-refractivity contribution in [3.05, 3.63) is 71.2 Å². The van der Waals surface area contributed by atoms with Crippen LogP contribution in [0.3, 0.4) is 0 Å². The lowest BCUT2D eigenvalue weighted by Gasteiger charge is -2.36. The lowest BCUT2D eigenvalue weighted by molar-refractivity contribution is 0.0709. The molecule has 0 spiro atoms. The number of nitrogens with one attached hydrogen (secondary N) is 1. The van der Waals surface area contributed by atoms with Crippen molar-refractivity contribution in [1.29, 1.82) is 0 Å². The van der Waals surface area contributed by atoms with Crippen molar-refractivity contribution >= 4 is 17.5 Å². The van der Waals surface area contributed by atoms with Gasteiger partial charge in [0, 0.05) is 56.1 Å². The monoisotopic (exact) mass is 423 g/mol. The number of aromatic nitrogens is 2. The number of H-pyrrole nitrogens is 1. The number of rotatable bonds is 3. The van der Waals surface area contributed by atoms with Crippen LogP contribution in [0.25, 0.3) is 0 Å². The molecule has 1 N–H and O–H groups in total. The number of halogens is 1. The molecule has 0 aliphatic carbocycles. The van der Waals surface area contributed by atoms with Crippen LogP contribution in [0.1, 0.15) is 32.1 Å². The van der Waals surface area contributed by atoms with E-state index in [9.17, 15) is 14.0 Å². The number of benzene rings is 1. The van der Waals surface area contributed by atoms with Crippen molar-refractivity contribution in [2.24, 2.45) is 0 Å². The molecular formula is C22H22FN5O3. The standard InChI is InChI=1S/C22H22FN5O3/c23-16-1-3-17(4-2-16)26-8-10-27(11-9-26)22(30)20-18-13-28(7-5-19(18)24-25-20)21(29)15-6-12-31-14-15/h1-4,6,12,14H,5,7-11,13H2,(H,24,25). The van der Waals surface area contributed by atoms with Gasteiger partial charge in [-0.3, -0.25) is 14.7 Å². The minimum atomic E-state index is -0.263. The highest BCUT2D eigenvalue weighted by molar-refractivity contribution is 5.96. The summed E-state index contributed by atoms with van der Waals surface area (Å²) >= 11 is 0. The summed E-state index contributed by atoms with van der Waals surface area (Å²) in [6.07, 6.45) is 3.53. The fraction of sp³-hybridized carbons (Fsp3) is 0.318. The highest BCUT2D eigenvalue weighted by Gasteiger charge is 2.31. The quantitative estimate of drug-likeness (QED) is 0.699. The summed E-state index contributed by atoms with van der Waals surface area (Å²) in [5, 5.41) is 7.27. The number of anilines is 1. The van der Waals surface area contributed by atoms with Gasteiger partial charge in [-0.2, -0.15) is 5.10 Å². The molecule has 3 aromatic rings. The molecule has 4 heterocycles. The van der Waals surface area contributed by atoms with Crippen LogP contribution in [0.15, 0.2) is 47.3 Å². The van der Waals surface area contributed by atoms with Crippen LogP contribution >= 0.6 is 0 Å².